The normalized spacial score (nSPS) is 11.8. The van der Waals surface area contributed by atoms with Crippen molar-refractivity contribution in [3.8, 4) is 0 Å². The van der Waals surface area contributed by atoms with Gasteiger partial charge < -0.3 is 5.32 Å². The maximum atomic E-state index is 11.8. The number of sulfone groups is 1. The van der Waals surface area contributed by atoms with Crippen LogP contribution in [0.3, 0.4) is 0 Å². The van der Waals surface area contributed by atoms with Gasteiger partial charge in [0, 0.05) is 17.3 Å². The summed E-state index contributed by atoms with van der Waals surface area (Å²) in [6.07, 6.45) is 2.66. The fraction of sp³-hybridized carbons (Fsp3) is 0.222. The summed E-state index contributed by atoms with van der Waals surface area (Å²) in [5.74, 6) is 1.01. The van der Waals surface area contributed by atoms with Crippen molar-refractivity contribution in [2.45, 2.75) is 24.7 Å². The lowest BCUT2D eigenvalue weighted by atomic mass is 10.0. The Kier molecular flexibility index (Phi) is 4.24. The number of nitrogens with one attached hydrogen (secondary N) is 1. The molecule has 0 aliphatic carbocycles. The van der Waals surface area contributed by atoms with E-state index in [1.54, 1.807) is 18.2 Å². The van der Waals surface area contributed by atoms with Crippen LogP contribution < -0.4 is 5.32 Å². The lowest BCUT2D eigenvalue weighted by Gasteiger charge is -2.12. The zero-order valence-corrected chi connectivity index (χ0v) is 14.6. The van der Waals surface area contributed by atoms with E-state index in [1.807, 2.05) is 12.1 Å². The van der Waals surface area contributed by atoms with E-state index in [-0.39, 0.29) is 4.90 Å². The molecule has 0 amide bonds. The van der Waals surface area contributed by atoms with E-state index in [0.29, 0.717) is 22.6 Å². The monoisotopic (exact) mass is 341 g/mol. The number of fused-ring (bicyclic) bond motifs is 1. The van der Waals surface area contributed by atoms with E-state index in [9.17, 15) is 8.42 Å². The Balaban J connectivity index is 2.07. The molecule has 124 valence electrons. The molecule has 2 aromatic carbocycles. The van der Waals surface area contributed by atoms with E-state index in [2.05, 4.69) is 41.3 Å². The Bertz CT molecular complexity index is 998. The van der Waals surface area contributed by atoms with Crippen LogP contribution in [0, 0.1) is 0 Å². The molecular weight excluding hydrogens is 322 g/mol. The van der Waals surface area contributed by atoms with Gasteiger partial charge in [0.15, 0.2) is 9.84 Å². The molecule has 5 nitrogen and oxygen atoms in total. The Hall–Kier alpha value is -2.47. The predicted molar refractivity (Wildman–Crippen MR) is 96.5 cm³/mol. The molecule has 3 rings (SSSR count). The van der Waals surface area contributed by atoms with Gasteiger partial charge in [0.1, 0.15) is 12.1 Å². The molecule has 0 atom stereocenters. The van der Waals surface area contributed by atoms with Gasteiger partial charge in [0.05, 0.1) is 10.4 Å². The average molecular weight is 341 g/mol. The number of aromatic nitrogens is 2. The van der Waals surface area contributed by atoms with Crippen LogP contribution in [0.5, 0.6) is 0 Å². The molecule has 6 heteroatoms. The number of hydrogen-bond donors (Lipinski definition) is 1. The third-order valence-electron chi connectivity index (χ3n) is 3.85. The molecule has 1 N–H and O–H groups in total. The molecule has 0 aliphatic rings. The Labute approximate surface area is 141 Å². The van der Waals surface area contributed by atoms with Gasteiger partial charge in [-0.05, 0) is 41.8 Å². The molecule has 0 fully saturated rings. The lowest BCUT2D eigenvalue weighted by molar-refractivity contribution is 0.602. The topological polar surface area (TPSA) is 72.0 Å². The molecule has 0 saturated heterocycles. The predicted octanol–water partition coefficient (Wildman–Crippen LogP) is 3.90. The molecule has 0 unspecified atom stereocenters. The first kappa shape index (κ1) is 16.4. The van der Waals surface area contributed by atoms with Crippen LogP contribution in [0.4, 0.5) is 11.5 Å². The molecule has 1 aromatic heterocycles. The van der Waals surface area contributed by atoms with Crippen molar-refractivity contribution >= 4 is 32.2 Å². The van der Waals surface area contributed by atoms with Crippen molar-refractivity contribution in [1.29, 1.82) is 0 Å². The van der Waals surface area contributed by atoms with Crippen LogP contribution in [0.2, 0.25) is 0 Å². The Morgan fingerprint density at radius 2 is 1.83 bits per heavy atom. The van der Waals surface area contributed by atoms with Gasteiger partial charge >= 0.3 is 0 Å². The highest BCUT2D eigenvalue weighted by Gasteiger charge is 2.11. The first-order valence-corrected chi connectivity index (χ1v) is 9.55. The highest BCUT2D eigenvalue weighted by atomic mass is 32.2. The molecule has 24 heavy (non-hydrogen) atoms. The maximum Gasteiger partial charge on any atom is 0.175 e. The van der Waals surface area contributed by atoms with Crippen molar-refractivity contribution in [3.63, 3.8) is 0 Å². The van der Waals surface area contributed by atoms with Gasteiger partial charge in [-0.2, -0.15) is 0 Å². The summed E-state index contributed by atoms with van der Waals surface area (Å²) in [6, 6.07) is 13.0. The molecule has 1 heterocycles. The smallest absolute Gasteiger partial charge is 0.175 e. The van der Waals surface area contributed by atoms with Gasteiger partial charge in [-0.15, -0.1) is 0 Å². The molecule has 0 radical (unpaired) electrons. The van der Waals surface area contributed by atoms with Crippen LogP contribution >= 0.6 is 0 Å². The minimum atomic E-state index is -3.29. The van der Waals surface area contributed by atoms with Crippen LogP contribution in [0.15, 0.2) is 53.7 Å². The second kappa shape index (κ2) is 6.20. The van der Waals surface area contributed by atoms with E-state index >= 15 is 0 Å². The van der Waals surface area contributed by atoms with Crippen molar-refractivity contribution in [3.05, 3.63) is 54.4 Å². The van der Waals surface area contributed by atoms with Gasteiger partial charge in [-0.3, -0.25) is 0 Å². The zero-order chi connectivity index (χ0) is 17.3. The molecule has 3 aromatic rings. The van der Waals surface area contributed by atoms with Crippen LogP contribution in [0.1, 0.15) is 25.3 Å². The molecule has 0 spiro atoms. The lowest BCUT2D eigenvalue weighted by Crippen LogP contribution is -2.00. The molecular formula is C18H19N3O2S. The third kappa shape index (κ3) is 3.38. The molecule has 0 bridgehead atoms. The van der Waals surface area contributed by atoms with Gasteiger partial charge in [0.25, 0.3) is 0 Å². The SMILES string of the molecule is CC(C)c1cccc(Nc2ncnc3ccc(S(C)(=O)=O)cc23)c1. The maximum absolute atomic E-state index is 11.8. The number of anilines is 2. The zero-order valence-electron chi connectivity index (χ0n) is 13.8. The summed E-state index contributed by atoms with van der Waals surface area (Å²) < 4.78 is 23.6. The second-order valence-corrected chi connectivity index (χ2v) is 8.09. The third-order valence-corrected chi connectivity index (χ3v) is 4.96. The number of nitrogens with zero attached hydrogens (tertiary/aromatic N) is 2. The van der Waals surface area contributed by atoms with Crippen molar-refractivity contribution in [2.75, 3.05) is 11.6 Å². The standard InChI is InChI=1S/C18H19N3O2S/c1-12(2)13-5-4-6-14(9-13)21-18-16-10-15(24(3,22)23)7-8-17(16)19-11-20-18/h4-12H,1-3H3,(H,19,20,21). The highest BCUT2D eigenvalue weighted by molar-refractivity contribution is 7.90. The quantitative estimate of drug-likeness (QED) is 0.779. The van der Waals surface area contributed by atoms with Crippen molar-refractivity contribution < 1.29 is 8.42 Å². The van der Waals surface area contributed by atoms with Gasteiger partial charge in [-0.1, -0.05) is 26.0 Å². The summed E-state index contributed by atoms with van der Waals surface area (Å²) in [6.45, 7) is 4.27. The second-order valence-electron chi connectivity index (χ2n) is 6.08. The van der Waals surface area contributed by atoms with Crippen LogP contribution in [-0.2, 0) is 9.84 Å². The summed E-state index contributed by atoms with van der Waals surface area (Å²) >= 11 is 0. The largest absolute Gasteiger partial charge is 0.340 e. The first-order chi connectivity index (χ1) is 11.3. The highest BCUT2D eigenvalue weighted by Crippen LogP contribution is 2.27. The van der Waals surface area contributed by atoms with Crippen LogP contribution in [0.25, 0.3) is 10.9 Å². The number of rotatable bonds is 4. The van der Waals surface area contributed by atoms with E-state index in [4.69, 9.17) is 0 Å². The van der Waals surface area contributed by atoms with Gasteiger partial charge in [0.2, 0.25) is 0 Å². The van der Waals surface area contributed by atoms with E-state index in [0.717, 1.165) is 5.69 Å². The Morgan fingerprint density at radius 1 is 1.04 bits per heavy atom. The fourth-order valence-electron chi connectivity index (χ4n) is 2.48. The Morgan fingerprint density at radius 3 is 2.54 bits per heavy atom. The van der Waals surface area contributed by atoms with Crippen LogP contribution in [-0.4, -0.2) is 24.6 Å². The summed E-state index contributed by atoms with van der Waals surface area (Å²) in [5, 5.41) is 3.95. The fourth-order valence-corrected chi connectivity index (χ4v) is 3.13. The van der Waals surface area contributed by atoms with E-state index in [1.165, 1.54) is 18.1 Å². The van der Waals surface area contributed by atoms with Gasteiger partial charge in [-0.25, -0.2) is 18.4 Å². The number of hydrogen-bond acceptors (Lipinski definition) is 5. The summed E-state index contributed by atoms with van der Waals surface area (Å²) in [7, 11) is -3.29. The molecule has 0 saturated carbocycles. The van der Waals surface area contributed by atoms with Crippen molar-refractivity contribution in [2.24, 2.45) is 0 Å². The molecule has 0 aliphatic heterocycles. The number of benzene rings is 2. The minimum absolute atomic E-state index is 0.254. The summed E-state index contributed by atoms with van der Waals surface area (Å²) in [5.41, 5.74) is 2.82. The first-order valence-electron chi connectivity index (χ1n) is 7.66. The summed E-state index contributed by atoms with van der Waals surface area (Å²) in [4.78, 5) is 8.74. The minimum Gasteiger partial charge on any atom is -0.340 e. The van der Waals surface area contributed by atoms with E-state index < -0.39 is 9.84 Å². The average Bonchev–Trinajstić information content (AvgIpc) is 2.54. The van der Waals surface area contributed by atoms with Crippen molar-refractivity contribution in [1.82, 2.24) is 9.97 Å².